The van der Waals surface area contributed by atoms with Crippen LogP contribution in [0.1, 0.15) is 32.1 Å². The number of rotatable bonds is 5. The minimum atomic E-state index is -3.43. The Morgan fingerprint density at radius 1 is 1.19 bits per heavy atom. The van der Waals surface area contributed by atoms with Crippen LogP contribution in [0.5, 0.6) is 0 Å². The maximum absolute atomic E-state index is 12.1. The summed E-state index contributed by atoms with van der Waals surface area (Å²) in [6.07, 6.45) is 2.78. The summed E-state index contributed by atoms with van der Waals surface area (Å²) in [5.41, 5.74) is 0. The smallest absolute Gasteiger partial charge is 0.221 e. The fourth-order valence-corrected chi connectivity index (χ4v) is 3.79. The lowest BCUT2D eigenvalue weighted by Gasteiger charge is -2.28. The van der Waals surface area contributed by atoms with E-state index in [9.17, 15) is 18.3 Å². The molecule has 0 aromatic heterocycles. The van der Waals surface area contributed by atoms with E-state index < -0.39 is 15.9 Å². The average Bonchev–Trinajstić information content (AvgIpc) is 2.49. The number of sulfone groups is 1. The van der Waals surface area contributed by atoms with Gasteiger partial charge in [0.2, 0.25) is 5.91 Å². The molecule has 1 amide bonds. The molecule has 1 fully saturated rings. The van der Waals surface area contributed by atoms with Gasteiger partial charge in [-0.05, 0) is 25.0 Å². The van der Waals surface area contributed by atoms with E-state index in [2.05, 4.69) is 5.32 Å². The summed E-state index contributed by atoms with van der Waals surface area (Å²) in [4.78, 5) is 12.1. The van der Waals surface area contributed by atoms with Crippen molar-refractivity contribution in [2.24, 2.45) is 0 Å². The minimum Gasteiger partial charge on any atom is -0.391 e. The third-order valence-corrected chi connectivity index (χ3v) is 5.51. The van der Waals surface area contributed by atoms with E-state index in [1.54, 1.807) is 18.2 Å². The molecule has 116 valence electrons. The van der Waals surface area contributed by atoms with Crippen LogP contribution < -0.4 is 5.32 Å². The molecule has 1 aromatic carbocycles. The number of hydrogen-bond donors (Lipinski definition) is 2. The molecule has 1 aromatic rings. The normalized spacial score (nSPS) is 22.7. The molecule has 21 heavy (non-hydrogen) atoms. The second kappa shape index (κ2) is 7.04. The Bertz CT molecular complexity index is 571. The SMILES string of the molecule is O=C(CCS(=O)(=O)c1ccccc1)N[C@@H]1CCCC[C@H]1O. The first-order chi connectivity index (χ1) is 9.99. The van der Waals surface area contributed by atoms with E-state index in [4.69, 9.17) is 0 Å². The fourth-order valence-electron chi connectivity index (χ4n) is 2.53. The lowest BCUT2D eigenvalue weighted by atomic mass is 9.92. The summed E-state index contributed by atoms with van der Waals surface area (Å²) in [7, 11) is -3.43. The van der Waals surface area contributed by atoms with Crippen LogP contribution in [0.25, 0.3) is 0 Å². The van der Waals surface area contributed by atoms with Gasteiger partial charge >= 0.3 is 0 Å². The van der Waals surface area contributed by atoms with Gasteiger partial charge in [0.25, 0.3) is 0 Å². The van der Waals surface area contributed by atoms with Gasteiger partial charge in [-0.15, -0.1) is 0 Å². The van der Waals surface area contributed by atoms with Crippen LogP contribution in [0, 0.1) is 0 Å². The zero-order chi connectivity index (χ0) is 15.3. The lowest BCUT2D eigenvalue weighted by molar-refractivity contribution is -0.122. The minimum absolute atomic E-state index is 0.0829. The molecule has 6 heteroatoms. The molecule has 0 unspecified atom stereocenters. The predicted octanol–water partition coefficient (Wildman–Crippen LogP) is 1.27. The van der Waals surface area contributed by atoms with Gasteiger partial charge in [-0.3, -0.25) is 4.79 Å². The fraction of sp³-hybridized carbons (Fsp3) is 0.533. The van der Waals surface area contributed by atoms with Crippen molar-refractivity contribution < 1.29 is 18.3 Å². The van der Waals surface area contributed by atoms with E-state index in [-0.39, 0.29) is 29.0 Å². The van der Waals surface area contributed by atoms with Gasteiger partial charge in [-0.2, -0.15) is 0 Å². The van der Waals surface area contributed by atoms with Crippen LogP contribution >= 0.6 is 0 Å². The number of hydrogen-bond acceptors (Lipinski definition) is 4. The topological polar surface area (TPSA) is 83.5 Å². The third kappa shape index (κ3) is 4.54. The highest BCUT2D eigenvalue weighted by atomic mass is 32.2. The molecule has 1 aliphatic carbocycles. The molecule has 0 aliphatic heterocycles. The summed E-state index contributed by atoms with van der Waals surface area (Å²) in [6.45, 7) is 0. The van der Waals surface area contributed by atoms with Crippen molar-refractivity contribution in [2.75, 3.05) is 5.75 Å². The van der Waals surface area contributed by atoms with Crippen molar-refractivity contribution in [3.05, 3.63) is 30.3 Å². The van der Waals surface area contributed by atoms with Crippen molar-refractivity contribution in [3.8, 4) is 0 Å². The van der Waals surface area contributed by atoms with Gasteiger partial charge in [-0.25, -0.2) is 8.42 Å². The maximum Gasteiger partial charge on any atom is 0.221 e. The van der Waals surface area contributed by atoms with Crippen LogP contribution in [-0.4, -0.2) is 37.3 Å². The number of carbonyl (C=O) groups excluding carboxylic acids is 1. The summed E-state index contributed by atoms with van der Waals surface area (Å²) in [5, 5.41) is 12.5. The molecule has 5 nitrogen and oxygen atoms in total. The molecule has 2 N–H and O–H groups in total. The van der Waals surface area contributed by atoms with E-state index in [1.807, 2.05) is 0 Å². The zero-order valence-electron chi connectivity index (χ0n) is 11.9. The van der Waals surface area contributed by atoms with Crippen LogP contribution in [0.2, 0.25) is 0 Å². The largest absolute Gasteiger partial charge is 0.391 e. The number of aliphatic hydroxyl groups is 1. The molecule has 0 saturated heterocycles. The van der Waals surface area contributed by atoms with Crippen LogP contribution in [0.15, 0.2) is 35.2 Å². The number of benzene rings is 1. The molecule has 0 bridgehead atoms. The highest BCUT2D eigenvalue weighted by molar-refractivity contribution is 7.91. The van der Waals surface area contributed by atoms with E-state index in [0.717, 1.165) is 19.3 Å². The lowest BCUT2D eigenvalue weighted by Crippen LogP contribution is -2.45. The summed E-state index contributed by atoms with van der Waals surface area (Å²) < 4.78 is 24.1. The molecule has 0 radical (unpaired) electrons. The standard InChI is InChI=1S/C15H21NO4S/c17-14-9-5-4-8-13(14)16-15(18)10-11-21(19,20)12-6-2-1-3-7-12/h1-3,6-7,13-14,17H,4-5,8-11H2,(H,16,18)/t13-,14-/m1/s1. The third-order valence-electron chi connectivity index (χ3n) is 3.78. The number of aliphatic hydroxyl groups excluding tert-OH is 1. The first-order valence-electron chi connectivity index (χ1n) is 7.24. The van der Waals surface area contributed by atoms with Crippen molar-refractivity contribution in [1.29, 1.82) is 0 Å². The van der Waals surface area contributed by atoms with Gasteiger partial charge < -0.3 is 10.4 Å². The van der Waals surface area contributed by atoms with E-state index >= 15 is 0 Å². The monoisotopic (exact) mass is 311 g/mol. The Balaban J connectivity index is 1.86. The molecule has 1 aliphatic rings. The van der Waals surface area contributed by atoms with Crippen LogP contribution in [-0.2, 0) is 14.6 Å². The van der Waals surface area contributed by atoms with Crippen LogP contribution in [0.4, 0.5) is 0 Å². The molecule has 1 saturated carbocycles. The second-order valence-corrected chi connectivity index (χ2v) is 7.52. The summed E-state index contributed by atoms with van der Waals surface area (Å²) >= 11 is 0. The molecule has 0 heterocycles. The van der Waals surface area contributed by atoms with Crippen molar-refractivity contribution >= 4 is 15.7 Å². The average molecular weight is 311 g/mol. The second-order valence-electron chi connectivity index (χ2n) is 5.41. The first kappa shape index (κ1) is 16.0. The Kier molecular flexibility index (Phi) is 5.36. The number of amides is 1. The van der Waals surface area contributed by atoms with Crippen molar-refractivity contribution in [1.82, 2.24) is 5.32 Å². The molecule has 2 atom stereocenters. The Morgan fingerprint density at radius 2 is 1.86 bits per heavy atom. The molecule has 2 rings (SSSR count). The maximum atomic E-state index is 12.1. The Labute approximate surface area is 125 Å². The number of nitrogens with one attached hydrogen (secondary N) is 1. The molecular weight excluding hydrogens is 290 g/mol. The van der Waals surface area contributed by atoms with Gasteiger partial charge in [0.15, 0.2) is 9.84 Å². The van der Waals surface area contributed by atoms with E-state index in [0.29, 0.717) is 6.42 Å². The van der Waals surface area contributed by atoms with Crippen molar-refractivity contribution in [3.63, 3.8) is 0 Å². The van der Waals surface area contributed by atoms with Crippen LogP contribution in [0.3, 0.4) is 0 Å². The predicted molar refractivity (Wildman–Crippen MR) is 79.5 cm³/mol. The van der Waals surface area contributed by atoms with Gasteiger partial charge in [0.05, 0.1) is 22.8 Å². The first-order valence-corrected chi connectivity index (χ1v) is 8.89. The highest BCUT2D eigenvalue weighted by Gasteiger charge is 2.25. The zero-order valence-corrected chi connectivity index (χ0v) is 12.7. The van der Waals surface area contributed by atoms with Gasteiger partial charge in [0.1, 0.15) is 0 Å². The Morgan fingerprint density at radius 3 is 2.52 bits per heavy atom. The van der Waals surface area contributed by atoms with Crippen molar-refractivity contribution in [2.45, 2.75) is 49.1 Å². The quantitative estimate of drug-likeness (QED) is 0.858. The van der Waals surface area contributed by atoms with Gasteiger partial charge in [-0.1, -0.05) is 31.0 Å². The van der Waals surface area contributed by atoms with E-state index in [1.165, 1.54) is 12.1 Å². The summed E-state index contributed by atoms with van der Waals surface area (Å²) in [5.74, 6) is -0.536. The highest BCUT2D eigenvalue weighted by Crippen LogP contribution is 2.18. The van der Waals surface area contributed by atoms with Gasteiger partial charge in [0, 0.05) is 6.42 Å². The number of carbonyl (C=O) groups is 1. The molecule has 0 spiro atoms. The molecular formula is C15H21NO4S. The Hall–Kier alpha value is -1.40. The summed E-state index contributed by atoms with van der Waals surface area (Å²) in [6, 6.07) is 7.87.